The highest BCUT2D eigenvalue weighted by Crippen LogP contribution is 2.34. The predicted octanol–water partition coefficient (Wildman–Crippen LogP) is 3.42. The molecule has 2 aromatic rings. The molecule has 0 unspecified atom stereocenters. The summed E-state index contributed by atoms with van der Waals surface area (Å²) in [5, 5.41) is 9.42. The number of fused-ring (bicyclic) bond motifs is 1. The molecular formula is C7H3BrClNOS. The Bertz CT molecular complexity index is 442. The van der Waals surface area contributed by atoms with Crippen LogP contribution in [0.15, 0.2) is 16.6 Å². The maximum atomic E-state index is 9.42. The summed E-state index contributed by atoms with van der Waals surface area (Å²) in [6, 6.07) is 3.47. The van der Waals surface area contributed by atoms with Gasteiger partial charge in [-0.15, -0.1) is 11.3 Å². The van der Waals surface area contributed by atoms with Gasteiger partial charge in [-0.3, -0.25) is 0 Å². The molecule has 0 saturated heterocycles. The van der Waals surface area contributed by atoms with Gasteiger partial charge in [0.05, 0.1) is 4.70 Å². The third-order valence-corrected chi connectivity index (χ3v) is 2.98. The summed E-state index contributed by atoms with van der Waals surface area (Å²) >= 11 is 10.3. The van der Waals surface area contributed by atoms with Crippen LogP contribution >= 0.6 is 38.9 Å². The van der Waals surface area contributed by atoms with E-state index in [4.69, 9.17) is 11.6 Å². The maximum Gasteiger partial charge on any atom is 0.184 e. The number of halogens is 2. The first-order valence-corrected chi connectivity index (χ1v) is 5.10. The first-order valence-electron chi connectivity index (χ1n) is 3.11. The Morgan fingerprint density at radius 3 is 3.00 bits per heavy atom. The van der Waals surface area contributed by atoms with Crippen molar-refractivity contribution in [2.75, 3.05) is 0 Å². The Labute approximate surface area is 85.9 Å². The van der Waals surface area contributed by atoms with Crippen molar-refractivity contribution in [2.24, 2.45) is 0 Å². The summed E-state index contributed by atoms with van der Waals surface area (Å²) in [6.45, 7) is 0. The molecule has 1 heterocycles. The Hall–Kier alpha value is -0.320. The molecule has 2 rings (SSSR count). The zero-order valence-electron chi connectivity index (χ0n) is 5.71. The zero-order chi connectivity index (χ0) is 8.72. The summed E-state index contributed by atoms with van der Waals surface area (Å²) < 4.78 is 2.15. The van der Waals surface area contributed by atoms with E-state index in [1.807, 2.05) is 6.07 Å². The van der Waals surface area contributed by atoms with E-state index in [2.05, 4.69) is 20.9 Å². The van der Waals surface area contributed by atoms with E-state index in [0.29, 0.717) is 9.98 Å². The van der Waals surface area contributed by atoms with Crippen LogP contribution in [0.5, 0.6) is 5.75 Å². The van der Waals surface area contributed by atoms with Gasteiger partial charge in [0, 0.05) is 4.47 Å². The van der Waals surface area contributed by atoms with Crippen LogP contribution in [0.1, 0.15) is 0 Å². The molecule has 0 aliphatic rings. The first-order chi connectivity index (χ1) is 5.66. The molecule has 1 aromatic carbocycles. The molecule has 1 aromatic heterocycles. The highest BCUT2D eigenvalue weighted by Gasteiger charge is 2.06. The molecule has 1 N–H and O–H groups in total. The summed E-state index contributed by atoms with van der Waals surface area (Å²) in [7, 11) is 0. The number of phenolic OH excluding ortho intramolecular Hbond substituents is 1. The van der Waals surface area contributed by atoms with Gasteiger partial charge >= 0.3 is 0 Å². The van der Waals surface area contributed by atoms with Crippen LogP contribution in [0, 0.1) is 0 Å². The van der Waals surface area contributed by atoms with Gasteiger partial charge in [-0.05, 0) is 12.1 Å². The fourth-order valence-corrected chi connectivity index (χ4v) is 2.63. The molecule has 12 heavy (non-hydrogen) atoms. The smallest absolute Gasteiger partial charge is 0.184 e. The number of hydrogen-bond donors (Lipinski definition) is 1. The summed E-state index contributed by atoms with van der Waals surface area (Å²) in [5.74, 6) is 0.155. The average molecular weight is 265 g/mol. The van der Waals surface area contributed by atoms with Crippen LogP contribution in [-0.4, -0.2) is 10.1 Å². The minimum Gasteiger partial charge on any atom is -0.506 e. The van der Waals surface area contributed by atoms with Gasteiger partial charge in [0.15, 0.2) is 4.47 Å². The van der Waals surface area contributed by atoms with Crippen molar-refractivity contribution in [3.8, 4) is 5.75 Å². The molecule has 0 aliphatic carbocycles. The Balaban J connectivity index is 2.88. The van der Waals surface area contributed by atoms with Crippen molar-refractivity contribution >= 4 is 49.1 Å². The Morgan fingerprint density at radius 1 is 1.50 bits per heavy atom. The minimum absolute atomic E-state index is 0.155. The molecule has 0 atom stereocenters. The van der Waals surface area contributed by atoms with E-state index in [1.165, 1.54) is 11.3 Å². The van der Waals surface area contributed by atoms with Crippen molar-refractivity contribution in [1.29, 1.82) is 0 Å². The quantitative estimate of drug-likeness (QED) is 0.791. The zero-order valence-corrected chi connectivity index (χ0v) is 8.87. The maximum absolute atomic E-state index is 9.42. The second-order valence-corrected chi connectivity index (χ2v) is 4.77. The highest BCUT2D eigenvalue weighted by molar-refractivity contribution is 9.10. The fourth-order valence-electron chi connectivity index (χ4n) is 0.952. The second kappa shape index (κ2) is 2.87. The lowest BCUT2D eigenvalue weighted by Gasteiger charge is -1.93. The summed E-state index contributed by atoms with van der Waals surface area (Å²) in [4.78, 5) is 3.97. The van der Waals surface area contributed by atoms with Gasteiger partial charge < -0.3 is 5.11 Å². The molecule has 0 spiro atoms. The molecule has 2 nitrogen and oxygen atoms in total. The van der Waals surface area contributed by atoms with Gasteiger partial charge in [-0.1, -0.05) is 27.5 Å². The third kappa shape index (κ3) is 1.30. The number of phenols is 1. The van der Waals surface area contributed by atoms with Gasteiger partial charge in [0.2, 0.25) is 0 Å². The molecular weight excluding hydrogens is 262 g/mol. The normalized spacial score (nSPS) is 10.8. The van der Waals surface area contributed by atoms with E-state index in [-0.39, 0.29) is 5.75 Å². The Morgan fingerprint density at radius 2 is 2.25 bits per heavy atom. The first kappa shape index (κ1) is 8.29. The molecule has 0 saturated carbocycles. The molecule has 0 radical (unpaired) electrons. The third-order valence-electron chi connectivity index (χ3n) is 1.41. The fraction of sp³-hybridized carbons (Fsp3) is 0. The monoisotopic (exact) mass is 263 g/mol. The topological polar surface area (TPSA) is 33.1 Å². The number of hydrogen-bond acceptors (Lipinski definition) is 3. The average Bonchev–Trinajstić information content (AvgIpc) is 2.29. The van der Waals surface area contributed by atoms with Crippen LogP contribution in [0.25, 0.3) is 10.2 Å². The molecule has 0 fully saturated rings. The summed E-state index contributed by atoms with van der Waals surface area (Å²) in [6.07, 6.45) is 0. The number of benzene rings is 1. The van der Waals surface area contributed by atoms with Gasteiger partial charge in [-0.2, -0.15) is 0 Å². The molecule has 5 heteroatoms. The van der Waals surface area contributed by atoms with Crippen molar-refractivity contribution in [3.05, 3.63) is 21.1 Å². The predicted molar refractivity (Wildman–Crippen MR) is 54.0 cm³/mol. The van der Waals surface area contributed by atoms with Crippen LogP contribution in [0.2, 0.25) is 4.47 Å². The number of nitrogens with zero attached hydrogens (tertiary/aromatic N) is 1. The van der Waals surface area contributed by atoms with Crippen molar-refractivity contribution in [1.82, 2.24) is 4.98 Å². The number of aromatic hydroxyl groups is 1. The van der Waals surface area contributed by atoms with Crippen LogP contribution in [0.3, 0.4) is 0 Å². The van der Waals surface area contributed by atoms with E-state index in [9.17, 15) is 5.11 Å². The lowest BCUT2D eigenvalue weighted by Crippen LogP contribution is -1.70. The van der Waals surface area contributed by atoms with Gasteiger partial charge in [-0.25, -0.2) is 4.98 Å². The van der Waals surface area contributed by atoms with E-state index in [0.717, 1.165) is 9.17 Å². The van der Waals surface area contributed by atoms with Crippen LogP contribution in [-0.2, 0) is 0 Å². The van der Waals surface area contributed by atoms with Gasteiger partial charge in [0.25, 0.3) is 0 Å². The van der Waals surface area contributed by atoms with Crippen molar-refractivity contribution < 1.29 is 5.11 Å². The standard InChI is InChI=1S/C7H3BrClNOS/c8-3-1-4(11)6-5(2-3)12-7(9)10-6/h1-2,11H. The number of thiazole rings is 1. The minimum atomic E-state index is 0.155. The Kier molecular flexibility index (Phi) is 1.98. The van der Waals surface area contributed by atoms with Crippen LogP contribution < -0.4 is 0 Å². The SMILES string of the molecule is Oc1cc(Br)cc2sc(Cl)nc12. The van der Waals surface area contributed by atoms with E-state index < -0.39 is 0 Å². The molecule has 0 bridgehead atoms. The van der Waals surface area contributed by atoms with E-state index >= 15 is 0 Å². The largest absolute Gasteiger partial charge is 0.506 e. The second-order valence-electron chi connectivity index (χ2n) is 2.24. The molecule has 0 amide bonds. The molecule has 62 valence electrons. The van der Waals surface area contributed by atoms with Gasteiger partial charge in [0.1, 0.15) is 11.3 Å². The lowest BCUT2D eigenvalue weighted by molar-refractivity contribution is 0.480. The summed E-state index contributed by atoms with van der Waals surface area (Å²) in [5.41, 5.74) is 0.563. The van der Waals surface area contributed by atoms with Crippen molar-refractivity contribution in [2.45, 2.75) is 0 Å². The number of rotatable bonds is 0. The lowest BCUT2D eigenvalue weighted by atomic mass is 10.3. The van der Waals surface area contributed by atoms with Crippen LogP contribution in [0.4, 0.5) is 0 Å². The van der Waals surface area contributed by atoms with Crippen molar-refractivity contribution in [3.63, 3.8) is 0 Å². The molecule has 0 aliphatic heterocycles. The number of aromatic nitrogens is 1. The van der Waals surface area contributed by atoms with E-state index in [1.54, 1.807) is 6.07 Å². The highest BCUT2D eigenvalue weighted by atomic mass is 79.9.